The number of carbonyl (C=O) groups excluding carboxylic acids is 2. The summed E-state index contributed by atoms with van der Waals surface area (Å²) in [5.74, 6) is 0.388. The van der Waals surface area contributed by atoms with Crippen molar-refractivity contribution < 1.29 is 19.1 Å². The minimum Gasteiger partial charge on any atom is -0.493 e. The van der Waals surface area contributed by atoms with Crippen molar-refractivity contribution >= 4 is 23.9 Å². The molecule has 0 radical (unpaired) electrons. The number of unbranched alkanes of at least 4 members (excludes halogenated alkanes) is 1. The number of halogens is 1. The maximum absolute atomic E-state index is 11.9. The molecule has 0 aliphatic heterocycles. The minimum absolute atomic E-state index is 0.259. The van der Waals surface area contributed by atoms with Gasteiger partial charge in [0.1, 0.15) is 12.0 Å². The number of benzene rings is 2. The molecule has 0 amide bonds. The molecule has 156 valence electrons. The van der Waals surface area contributed by atoms with Crippen LogP contribution in [0.1, 0.15) is 66.6 Å². The van der Waals surface area contributed by atoms with E-state index in [1.54, 1.807) is 6.07 Å². The van der Waals surface area contributed by atoms with Crippen LogP contribution in [0.25, 0.3) is 0 Å². The van der Waals surface area contributed by atoms with E-state index in [9.17, 15) is 9.59 Å². The van der Waals surface area contributed by atoms with Gasteiger partial charge in [-0.2, -0.15) is 0 Å². The third-order valence-electron chi connectivity index (χ3n) is 5.66. The van der Waals surface area contributed by atoms with Gasteiger partial charge < -0.3 is 14.3 Å². The van der Waals surface area contributed by atoms with Crippen LogP contribution in [0.5, 0.6) is 5.75 Å². The third-order valence-corrected chi connectivity index (χ3v) is 5.97. The molecule has 0 bridgehead atoms. The predicted octanol–water partition coefficient (Wildman–Crippen LogP) is 5.90. The van der Waals surface area contributed by atoms with E-state index >= 15 is 0 Å². The van der Waals surface area contributed by atoms with Crippen LogP contribution >= 0.6 is 11.6 Å². The molecule has 0 unspecified atom stereocenters. The second-order valence-electron chi connectivity index (χ2n) is 7.06. The lowest BCUT2D eigenvalue weighted by Gasteiger charge is -2.35. The molecule has 0 heterocycles. The van der Waals surface area contributed by atoms with E-state index in [4.69, 9.17) is 21.1 Å². The van der Waals surface area contributed by atoms with Gasteiger partial charge in [-0.05, 0) is 61.1 Å². The molecule has 0 aliphatic carbocycles. The number of methoxy groups -OCH3 is 1. The van der Waals surface area contributed by atoms with E-state index < -0.39 is 5.97 Å². The van der Waals surface area contributed by atoms with E-state index in [1.807, 2.05) is 24.3 Å². The Bertz CT molecular complexity index is 856. The van der Waals surface area contributed by atoms with Crippen LogP contribution in [0.3, 0.4) is 0 Å². The lowest BCUT2D eigenvalue weighted by Crippen LogP contribution is -2.27. The van der Waals surface area contributed by atoms with Crippen molar-refractivity contribution in [1.29, 1.82) is 0 Å². The van der Waals surface area contributed by atoms with E-state index in [2.05, 4.69) is 26.8 Å². The molecule has 2 rings (SSSR count). The second kappa shape index (κ2) is 10.4. The number of esters is 1. The smallest absolute Gasteiger partial charge is 0.339 e. The Morgan fingerprint density at radius 1 is 1.17 bits per heavy atom. The molecule has 0 aliphatic rings. The van der Waals surface area contributed by atoms with Gasteiger partial charge in [0.05, 0.1) is 24.3 Å². The van der Waals surface area contributed by atoms with Crippen molar-refractivity contribution in [3.63, 3.8) is 0 Å². The molecule has 0 saturated carbocycles. The van der Waals surface area contributed by atoms with Crippen LogP contribution < -0.4 is 4.74 Å². The molecule has 0 fully saturated rings. The monoisotopic (exact) mass is 416 g/mol. The normalized spacial score (nSPS) is 11.2. The first kappa shape index (κ1) is 23.0. The SMILES string of the molecule is CCC(CC)(c1ccc(C(=O)OC)c(Cl)c1)c1cccc(OCCCC=O)c1C. The summed E-state index contributed by atoms with van der Waals surface area (Å²) in [6.07, 6.45) is 3.84. The van der Waals surface area contributed by atoms with Crippen LogP contribution in [0.4, 0.5) is 0 Å². The molecule has 0 saturated heterocycles. The highest BCUT2D eigenvalue weighted by atomic mass is 35.5. The number of carbonyl (C=O) groups is 2. The van der Waals surface area contributed by atoms with Crippen LogP contribution in [0, 0.1) is 6.92 Å². The summed E-state index contributed by atoms with van der Waals surface area (Å²) >= 11 is 6.43. The van der Waals surface area contributed by atoms with Crippen LogP contribution in [0.2, 0.25) is 5.02 Å². The zero-order valence-corrected chi connectivity index (χ0v) is 18.3. The van der Waals surface area contributed by atoms with Gasteiger partial charge in [0.25, 0.3) is 0 Å². The number of ether oxygens (including phenoxy) is 2. The van der Waals surface area contributed by atoms with Crippen molar-refractivity contribution in [3.05, 3.63) is 63.7 Å². The highest BCUT2D eigenvalue weighted by molar-refractivity contribution is 6.33. The van der Waals surface area contributed by atoms with Crippen LogP contribution in [0.15, 0.2) is 36.4 Å². The number of aldehydes is 1. The topological polar surface area (TPSA) is 52.6 Å². The second-order valence-corrected chi connectivity index (χ2v) is 7.47. The highest BCUT2D eigenvalue weighted by Gasteiger charge is 2.33. The fourth-order valence-corrected chi connectivity index (χ4v) is 4.18. The van der Waals surface area contributed by atoms with E-state index in [-0.39, 0.29) is 5.41 Å². The Morgan fingerprint density at radius 2 is 1.90 bits per heavy atom. The first-order chi connectivity index (χ1) is 13.9. The number of rotatable bonds is 10. The summed E-state index contributed by atoms with van der Waals surface area (Å²) in [5, 5.41) is 0.388. The van der Waals surface area contributed by atoms with Crippen LogP contribution in [-0.2, 0) is 14.9 Å². The molecule has 29 heavy (non-hydrogen) atoms. The van der Waals surface area contributed by atoms with Gasteiger partial charge in [-0.25, -0.2) is 4.79 Å². The van der Waals surface area contributed by atoms with Crippen molar-refractivity contribution in [2.75, 3.05) is 13.7 Å². The zero-order valence-electron chi connectivity index (χ0n) is 17.6. The van der Waals surface area contributed by atoms with Crippen molar-refractivity contribution in [2.24, 2.45) is 0 Å². The van der Waals surface area contributed by atoms with Crippen molar-refractivity contribution in [2.45, 2.75) is 51.9 Å². The largest absolute Gasteiger partial charge is 0.493 e. The van der Waals surface area contributed by atoms with Gasteiger partial charge in [0.15, 0.2) is 0 Å². The quantitative estimate of drug-likeness (QED) is 0.275. The summed E-state index contributed by atoms with van der Waals surface area (Å²) in [6.45, 7) is 6.88. The fourth-order valence-electron chi connectivity index (χ4n) is 3.92. The van der Waals surface area contributed by atoms with Crippen LogP contribution in [-0.4, -0.2) is 26.0 Å². The maximum Gasteiger partial charge on any atom is 0.339 e. The van der Waals surface area contributed by atoms with Gasteiger partial charge >= 0.3 is 5.97 Å². The van der Waals surface area contributed by atoms with E-state index in [1.165, 1.54) is 12.7 Å². The Balaban J connectivity index is 2.49. The standard InChI is InChI=1S/C24H29ClO4/c1-5-24(6-2,18-12-13-19(21(25)16-18)23(27)28-4)20-10-9-11-22(17(20)3)29-15-8-7-14-26/h9-14,16H,5-8,15H2,1-4H3. The maximum atomic E-state index is 11.9. The first-order valence-corrected chi connectivity index (χ1v) is 10.4. The lowest BCUT2D eigenvalue weighted by molar-refractivity contribution is -0.108. The summed E-state index contributed by atoms with van der Waals surface area (Å²) < 4.78 is 10.8. The molecule has 5 heteroatoms. The number of hydrogen-bond donors (Lipinski definition) is 0. The molecule has 0 N–H and O–H groups in total. The van der Waals surface area contributed by atoms with Gasteiger partial charge in [0.2, 0.25) is 0 Å². The molecule has 0 aromatic heterocycles. The molecule has 0 spiro atoms. The van der Waals surface area contributed by atoms with Gasteiger partial charge in [-0.1, -0.05) is 43.6 Å². The summed E-state index contributed by atoms with van der Waals surface area (Å²) in [6, 6.07) is 11.7. The Morgan fingerprint density at radius 3 is 2.48 bits per heavy atom. The number of hydrogen-bond acceptors (Lipinski definition) is 4. The predicted molar refractivity (Wildman–Crippen MR) is 116 cm³/mol. The molecular weight excluding hydrogens is 388 g/mol. The molecule has 4 nitrogen and oxygen atoms in total. The molecule has 2 aromatic rings. The molecule has 2 aromatic carbocycles. The average Bonchev–Trinajstić information content (AvgIpc) is 2.74. The highest BCUT2D eigenvalue weighted by Crippen LogP contribution is 2.43. The minimum atomic E-state index is -0.443. The Kier molecular flexibility index (Phi) is 8.27. The first-order valence-electron chi connectivity index (χ1n) is 10.00. The third kappa shape index (κ3) is 4.81. The summed E-state index contributed by atoms with van der Waals surface area (Å²) in [7, 11) is 1.35. The van der Waals surface area contributed by atoms with Crippen molar-refractivity contribution in [3.8, 4) is 5.75 Å². The van der Waals surface area contributed by atoms with E-state index in [0.29, 0.717) is 30.0 Å². The Hall–Kier alpha value is -2.33. The van der Waals surface area contributed by atoms with Gasteiger partial charge in [-0.15, -0.1) is 0 Å². The zero-order chi connectivity index (χ0) is 21.4. The fraction of sp³-hybridized carbons (Fsp3) is 0.417. The average molecular weight is 417 g/mol. The van der Waals surface area contributed by atoms with E-state index in [0.717, 1.165) is 36.0 Å². The summed E-state index contributed by atoms with van der Waals surface area (Å²) in [5.41, 5.74) is 3.42. The molecular formula is C24H29ClO4. The van der Waals surface area contributed by atoms with Crippen molar-refractivity contribution in [1.82, 2.24) is 0 Å². The van der Waals surface area contributed by atoms with Gasteiger partial charge in [0, 0.05) is 11.8 Å². The van der Waals surface area contributed by atoms with Gasteiger partial charge in [-0.3, -0.25) is 0 Å². The summed E-state index contributed by atoms with van der Waals surface area (Å²) in [4.78, 5) is 22.4. The molecule has 0 atom stereocenters. The Labute approximate surface area is 178 Å². The lowest BCUT2D eigenvalue weighted by atomic mass is 9.69.